The van der Waals surface area contributed by atoms with Gasteiger partial charge >= 0.3 is 6.36 Å². The zero-order valence-electron chi connectivity index (χ0n) is 8.02. The molecular formula is C8H6F5NO3. The van der Waals surface area contributed by atoms with Crippen molar-refractivity contribution in [2.24, 2.45) is 0 Å². The Morgan fingerprint density at radius 1 is 1.41 bits per heavy atom. The van der Waals surface area contributed by atoms with Crippen molar-refractivity contribution >= 4 is 0 Å². The molecule has 1 rings (SSSR count). The maximum atomic E-state index is 12.2. The summed E-state index contributed by atoms with van der Waals surface area (Å²) in [6, 6.07) is 0.535. The lowest BCUT2D eigenvalue weighted by atomic mass is 10.2. The molecule has 0 amide bonds. The molecule has 0 radical (unpaired) electrons. The molecule has 2 N–H and O–H groups in total. The van der Waals surface area contributed by atoms with Gasteiger partial charge in [-0.15, -0.1) is 13.2 Å². The maximum absolute atomic E-state index is 12.2. The van der Waals surface area contributed by atoms with Crippen molar-refractivity contribution in [1.82, 2.24) is 4.98 Å². The molecule has 9 heteroatoms. The van der Waals surface area contributed by atoms with Gasteiger partial charge in [-0.2, -0.15) is 0 Å². The minimum absolute atomic E-state index is 0.535. The first kappa shape index (κ1) is 13.4. The summed E-state index contributed by atoms with van der Waals surface area (Å²) in [6.45, 7) is -1.03. The topological polar surface area (TPSA) is 62.3 Å². The Labute approximate surface area is 90.6 Å². The van der Waals surface area contributed by atoms with E-state index < -0.39 is 42.0 Å². The van der Waals surface area contributed by atoms with Crippen LogP contribution >= 0.6 is 0 Å². The number of aromatic amines is 1. The minimum Gasteiger partial charge on any atom is -0.399 e. The van der Waals surface area contributed by atoms with Crippen LogP contribution in [0, 0.1) is 0 Å². The van der Waals surface area contributed by atoms with Crippen LogP contribution in [0.2, 0.25) is 0 Å². The van der Waals surface area contributed by atoms with Gasteiger partial charge in [-0.25, -0.2) is 8.78 Å². The number of aliphatic hydroxyl groups is 1. The number of H-pyrrole nitrogens is 1. The van der Waals surface area contributed by atoms with Crippen molar-refractivity contribution in [3.05, 3.63) is 27.7 Å². The van der Waals surface area contributed by atoms with E-state index in [1.165, 1.54) is 4.98 Å². The molecule has 17 heavy (non-hydrogen) atoms. The third-order valence-electron chi connectivity index (χ3n) is 1.71. The quantitative estimate of drug-likeness (QED) is 0.812. The number of hydrogen-bond acceptors (Lipinski definition) is 3. The molecule has 0 bridgehead atoms. The highest BCUT2D eigenvalue weighted by Gasteiger charge is 2.33. The largest absolute Gasteiger partial charge is 0.573 e. The maximum Gasteiger partial charge on any atom is 0.573 e. The first-order valence-electron chi connectivity index (χ1n) is 4.15. The van der Waals surface area contributed by atoms with Crippen molar-refractivity contribution in [3.63, 3.8) is 0 Å². The summed E-state index contributed by atoms with van der Waals surface area (Å²) in [5.41, 5.74) is -3.04. The molecule has 0 saturated heterocycles. The summed E-state index contributed by atoms with van der Waals surface area (Å²) in [5, 5.41) is 8.70. The van der Waals surface area contributed by atoms with Crippen LogP contribution in [-0.4, -0.2) is 16.5 Å². The van der Waals surface area contributed by atoms with Gasteiger partial charge in [0, 0.05) is 5.56 Å². The van der Waals surface area contributed by atoms with Crippen LogP contribution in [0.15, 0.2) is 10.9 Å². The lowest BCUT2D eigenvalue weighted by molar-refractivity contribution is -0.275. The summed E-state index contributed by atoms with van der Waals surface area (Å²) in [4.78, 5) is 12.6. The highest BCUT2D eigenvalue weighted by Crippen LogP contribution is 2.25. The summed E-state index contributed by atoms with van der Waals surface area (Å²) in [6.07, 6.45) is -8.23. The zero-order chi connectivity index (χ0) is 13.2. The molecule has 0 saturated carbocycles. The molecule has 4 nitrogen and oxygen atoms in total. The highest BCUT2D eigenvalue weighted by molar-refractivity contribution is 5.32. The third-order valence-corrected chi connectivity index (χ3v) is 1.71. The molecule has 0 aliphatic heterocycles. The second-order valence-electron chi connectivity index (χ2n) is 2.91. The molecule has 96 valence electrons. The van der Waals surface area contributed by atoms with Crippen molar-refractivity contribution in [2.45, 2.75) is 19.4 Å². The van der Waals surface area contributed by atoms with E-state index in [1.54, 1.807) is 0 Å². The molecular weight excluding hydrogens is 253 g/mol. The Balaban J connectivity index is 3.27. The Bertz CT molecular complexity index is 453. The van der Waals surface area contributed by atoms with Crippen molar-refractivity contribution in [2.75, 3.05) is 0 Å². The fourth-order valence-corrected chi connectivity index (χ4v) is 1.09. The van der Waals surface area contributed by atoms with E-state index in [0.29, 0.717) is 6.07 Å². The molecule has 1 aromatic heterocycles. The molecule has 0 aliphatic rings. The van der Waals surface area contributed by atoms with Gasteiger partial charge in [0.05, 0.1) is 12.3 Å². The number of rotatable bonds is 3. The SMILES string of the molecule is O=c1[nH]c(C(F)F)cc(CO)c1OC(F)(F)F. The third kappa shape index (κ3) is 3.41. The molecule has 0 atom stereocenters. The van der Waals surface area contributed by atoms with E-state index in [2.05, 4.69) is 4.74 Å². The van der Waals surface area contributed by atoms with E-state index in [-0.39, 0.29) is 0 Å². The molecule has 0 spiro atoms. The van der Waals surface area contributed by atoms with Crippen LogP contribution in [0.1, 0.15) is 17.7 Å². The Morgan fingerprint density at radius 3 is 2.41 bits per heavy atom. The number of aliphatic hydroxyl groups excluding tert-OH is 1. The average molecular weight is 259 g/mol. The number of nitrogens with one attached hydrogen (secondary N) is 1. The number of ether oxygens (including phenoxy) is 1. The fraction of sp³-hybridized carbons (Fsp3) is 0.375. The average Bonchev–Trinajstić information content (AvgIpc) is 2.18. The second-order valence-corrected chi connectivity index (χ2v) is 2.91. The van der Waals surface area contributed by atoms with Crippen LogP contribution in [0.25, 0.3) is 0 Å². The lowest BCUT2D eigenvalue weighted by Gasteiger charge is -2.12. The van der Waals surface area contributed by atoms with E-state index in [9.17, 15) is 26.7 Å². The smallest absolute Gasteiger partial charge is 0.399 e. The molecule has 0 unspecified atom stereocenters. The summed E-state index contributed by atoms with van der Waals surface area (Å²) < 4.78 is 63.5. The van der Waals surface area contributed by atoms with Gasteiger partial charge < -0.3 is 14.8 Å². The van der Waals surface area contributed by atoms with Crippen molar-refractivity contribution in [1.29, 1.82) is 0 Å². The van der Waals surface area contributed by atoms with Gasteiger partial charge in [-0.05, 0) is 6.07 Å². The van der Waals surface area contributed by atoms with E-state index in [0.717, 1.165) is 0 Å². The lowest BCUT2D eigenvalue weighted by Crippen LogP contribution is -2.25. The zero-order valence-corrected chi connectivity index (χ0v) is 8.02. The van der Waals surface area contributed by atoms with Crippen LogP contribution in [0.5, 0.6) is 5.75 Å². The number of aromatic nitrogens is 1. The van der Waals surface area contributed by atoms with Gasteiger partial charge in [0.2, 0.25) is 0 Å². The fourth-order valence-electron chi connectivity index (χ4n) is 1.09. The molecule has 0 aliphatic carbocycles. The van der Waals surface area contributed by atoms with Gasteiger partial charge in [-0.3, -0.25) is 4.79 Å². The normalized spacial score (nSPS) is 11.9. The summed E-state index contributed by atoms with van der Waals surface area (Å²) in [7, 11) is 0. The molecule has 1 heterocycles. The molecule has 0 fully saturated rings. The van der Waals surface area contributed by atoms with Crippen molar-refractivity contribution < 1.29 is 31.8 Å². The predicted molar refractivity (Wildman–Crippen MR) is 44.6 cm³/mol. The van der Waals surface area contributed by atoms with Gasteiger partial charge in [0.15, 0.2) is 5.75 Å². The van der Waals surface area contributed by atoms with Crippen LogP contribution in [0.4, 0.5) is 22.0 Å². The van der Waals surface area contributed by atoms with Gasteiger partial charge in [0.25, 0.3) is 12.0 Å². The minimum atomic E-state index is -5.15. The van der Waals surface area contributed by atoms with Crippen LogP contribution in [0.3, 0.4) is 0 Å². The Hall–Kier alpha value is -1.64. The predicted octanol–water partition coefficient (Wildman–Crippen LogP) is 1.70. The van der Waals surface area contributed by atoms with Crippen molar-refractivity contribution in [3.8, 4) is 5.75 Å². The van der Waals surface area contributed by atoms with E-state index >= 15 is 0 Å². The summed E-state index contributed by atoms with van der Waals surface area (Å²) >= 11 is 0. The first-order valence-corrected chi connectivity index (χ1v) is 4.15. The van der Waals surface area contributed by atoms with Gasteiger partial charge in [-0.1, -0.05) is 0 Å². The van der Waals surface area contributed by atoms with E-state index in [4.69, 9.17) is 5.11 Å². The van der Waals surface area contributed by atoms with Gasteiger partial charge in [0.1, 0.15) is 0 Å². The molecule has 1 aromatic rings. The number of alkyl halides is 5. The van der Waals surface area contributed by atoms with E-state index in [1.807, 2.05) is 0 Å². The second kappa shape index (κ2) is 4.70. The summed E-state index contributed by atoms with van der Waals surface area (Å²) in [5.74, 6) is -1.25. The van der Waals surface area contributed by atoms with Crippen LogP contribution < -0.4 is 10.3 Å². The number of pyridine rings is 1. The Morgan fingerprint density at radius 2 is 2.00 bits per heavy atom. The standard InChI is InChI=1S/C8H6F5NO3/c9-6(10)4-1-3(2-15)5(7(16)14-4)17-8(11,12)13/h1,6,15H,2H2,(H,14,16). The molecule has 0 aromatic carbocycles. The number of halogens is 5. The monoisotopic (exact) mass is 259 g/mol. The Kier molecular flexibility index (Phi) is 3.71. The highest BCUT2D eigenvalue weighted by atomic mass is 19.4. The van der Waals surface area contributed by atoms with Crippen LogP contribution in [-0.2, 0) is 6.61 Å². The number of hydrogen-bond donors (Lipinski definition) is 2. The first-order chi connectivity index (χ1) is 7.74.